The molecule has 1 aliphatic rings. The molecule has 0 aliphatic carbocycles. The van der Waals surface area contributed by atoms with Gasteiger partial charge in [-0.05, 0) is 30.3 Å². The van der Waals surface area contributed by atoms with E-state index in [1.54, 1.807) is 18.3 Å². The molecule has 0 bridgehead atoms. The zero-order chi connectivity index (χ0) is 18.5. The van der Waals surface area contributed by atoms with Gasteiger partial charge in [-0.3, -0.25) is 9.59 Å². The molecule has 7 heteroatoms. The van der Waals surface area contributed by atoms with Gasteiger partial charge in [-0.2, -0.15) is 0 Å². The average molecular weight is 356 g/mol. The molecule has 0 spiro atoms. The number of halogens is 1. The Balaban J connectivity index is 1.59. The Morgan fingerprint density at radius 2 is 1.92 bits per heavy atom. The zero-order valence-electron chi connectivity index (χ0n) is 14.6. The van der Waals surface area contributed by atoms with E-state index in [4.69, 9.17) is 0 Å². The van der Waals surface area contributed by atoms with Crippen LogP contribution in [0.25, 0.3) is 0 Å². The van der Waals surface area contributed by atoms with Gasteiger partial charge < -0.3 is 15.1 Å². The largest absolute Gasteiger partial charge is 0.353 e. The van der Waals surface area contributed by atoms with E-state index in [2.05, 4.69) is 15.2 Å². The second-order valence-corrected chi connectivity index (χ2v) is 6.09. The number of carbonyl (C=O) groups excluding carboxylic acids is 2. The Kier molecular flexibility index (Phi) is 5.46. The molecule has 2 heterocycles. The highest BCUT2D eigenvalue weighted by Crippen LogP contribution is 2.17. The first-order chi connectivity index (χ1) is 12.6. The van der Waals surface area contributed by atoms with Crippen LogP contribution in [0.4, 0.5) is 15.9 Å². The number of amides is 2. The van der Waals surface area contributed by atoms with Crippen LogP contribution >= 0.6 is 0 Å². The third kappa shape index (κ3) is 4.17. The Labute approximate surface area is 151 Å². The summed E-state index contributed by atoms with van der Waals surface area (Å²) in [5.41, 5.74) is 0.800. The number of pyridine rings is 1. The maximum atomic E-state index is 13.2. The van der Waals surface area contributed by atoms with Crippen molar-refractivity contribution in [3.8, 4) is 0 Å². The van der Waals surface area contributed by atoms with Crippen LogP contribution in [0.15, 0.2) is 42.6 Å². The summed E-state index contributed by atoms with van der Waals surface area (Å²) in [5.74, 6) is 0.142. The molecule has 0 radical (unpaired) electrons. The fraction of sp³-hybridized carbons (Fsp3) is 0.316. The molecule has 6 nitrogen and oxygen atoms in total. The smallest absolute Gasteiger partial charge is 0.255 e. The van der Waals surface area contributed by atoms with Crippen molar-refractivity contribution in [3.05, 3.63) is 54.0 Å². The maximum Gasteiger partial charge on any atom is 0.255 e. The van der Waals surface area contributed by atoms with Crippen LogP contribution in [0.1, 0.15) is 23.7 Å². The van der Waals surface area contributed by atoms with E-state index in [9.17, 15) is 14.0 Å². The first-order valence-electron chi connectivity index (χ1n) is 8.62. The van der Waals surface area contributed by atoms with E-state index in [-0.39, 0.29) is 17.4 Å². The number of benzene rings is 1. The van der Waals surface area contributed by atoms with Gasteiger partial charge in [0.05, 0.1) is 11.9 Å². The van der Waals surface area contributed by atoms with Crippen LogP contribution in [0.5, 0.6) is 0 Å². The third-order valence-electron chi connectivity index (χ3n) is 4.35. The number of carbonyl (C=O) groups is 2. The fourth-order valence-electron chi connectivity index (χ4n) is 2.89. The van der Waals surface area contributed by atoms with Gasteiger partial charge >= 0.3 is 0 Å². The fourth-order valence-corrected chi connectivity index (χ4v) is 2.89. The molecule has 1 aliphatic heterocycles. The molecule has 1 aromatic heterocycles. The highest BCUT2D eigenvalue weighted by atomic mass is 19.1. The number of rotatable bonds is 4. The van der Waals surface area contributed by atoms with Crippen LogP contribution < -0.4 is 10.2 Å². The minimum atomic E-state index is -0.452. The lowest BCUT2D eigenvalue weighted by Gasteiger charge is -2.35. The Morgan fingerprint density at radius 1 is 1.15 bits per heavy atom. The molecule has 2 aromatic rings. The zero-order valence-corrected chi connectivity index (χ0v) is 14.6. The number of hydrogen-bond acceptors (Lipinski definition) is 4. The van der Waals surface area contributed by atoms with Crippen molar-refractivity contribution in [2.24, 2.45) is 0 Å². The number of hydrogen-bond donors (Lipinski definition) is 1. The topological polar surface area (TPSA) is 65.5 Å². The lowest BCUT2D eigenvalue weighted by atomic mass is 10.2. The molecule has 1 N–H and O–H groups in total. The second-order valence-electron chi connectivity index (χ2n) is 6.09. The Hall–Kier alpha value is -2.96. The molecule has 1 saturated heterocycles. The predicted molar refractivity (Wildman–Crippen MR) is 97.7 cm³/mol. The van der Waals surface area contributed by atoms with E-state index in [0.717, 1.165) is 18.9 Å². The molecule has 0 saturated carbocycles. The van der Waals surface area contributed by atoms with Gasteiger partial charge in [0.25, 0.3) is 5.91 Å². The van der Waals surface area contributed by atoms with Gasteiger partial charge in [-0.15, -0.1) is 0 Å². The number of nitrogens with one attached hydrogen (secondary N) is 1. The summed E-state index contributed by atoms with van der Waals surface area (Å²) >= 11 is 0. The highest BCUT2D eigenvalue weighted by Gasteiger charge is 2.20. The van der Waals surface area contributed by atoms with Crippen molar-refractivity contribution < 1.29 is 14.0 Å². The third-order valence-corrected chi connectivity index (χ3v) is 4.35. The number of piperazine rings is 1. The first kappa shape index (κ1) is 17.8. The quantitative estimate of drug-likeness (QED) is 0.914. The molecular weight excluding hydrogens is 335 g/mol. The maximum absolute atomic E-state index is 13.2. The normalized spacial score (nSPS) is 14.2. The predicted octanol–water partition coefficient (Wildman–Crippen LogP) is 2.53. The SMILES string of the molecule is CCC(=O)N1CCN(c2ccc(NC(=O)c3cccc(F)c3)cn2)CC1. The summed E-state index contributed by atoms with van der Waals surface area (Å²) in [5, 5.41) is 2.71. The minimum Gasteiger partial charge on any atom is -0.353 e. The van der Waals surface area contributed by atoms with Crippen LogP contribution in [-0.4, -0.2) is 47.9 Å². The highest BCUT2D eigenvalue weighted by molar-refractivity contribution is 6.04. The summed E-state index contributed by atoms with van der Waals surface area (Å²) in [6.45, 7) is 4.70. The van der Waals surface area contributed by atoms with Gasteiger partial charge in [0.15, 0.2) is 0 Å². The van der Waals surface area contributed by atoms with E-state index >= 15 is 0 Å². The molecule has 136 valence electrons. The molecular formula is C19H21FN4O2. The van der Waals surface area contributed by atoms with Crippen molar-refractivity contribution in [3.63, 3.8) is 0 Å². The lowest BCUT2D eigenvalue weighted by Crippen LogP contribution is -2.48. The first-order valence-corrected chi connectivity index (χ1v) is 8.62. The molecule has 2 amide bonds. The van der Waals surface area contributed by atoms with Crippen molar-refractivity contribution >= 4 is 23.3 Å². The Bertz CT molecular complexity index is 786. The monoisotopic (exact) mass is 356 g/mol. The molecule has 0 atom stereocenters. The molecule has 3 rings (SSSR count). The van der Waals surface area contributed by atoms with Crippen molar-refractivity contribution in [1.82, 2.24) is 9.88 Å². The van der Waals surface area contributed by atoms with Crippen molar-refractivity contribution in [2.45, 2.75) is 13.3 Å². The van der Waals surface area contributed by atoms with Crippen LogP contribution in [0.2, 0.25) is 0 Å². The average Bonchev–Trinajstić information content (AvgIpc) is 2.68. The van der Waals surface area contributed by atoms with Crippen LogP contribution in [0.3, 0.4) is 0 Å². The summed E-state index contributed by atoms with van der Waals surface area (Å²) in [6, 6.07) is 9.13. The summed E-state index contributed by atoms with van der Waals surface area (Å²) in [7, 11) is 0. The van der Waals surface area contributed by atoms with Crippen LogP contribution in [0, 0.1) is 5.82 Å². The van der Waals surface area contributed by atoms with E-state index < -0.39 is 5.82 Å². The van der Waals surface area contributed by atoms with Crippen molar-refractivity contribution in [2.75, 3.05) is 36.4 Å². The number of anilines is 2. The van der Waals surface area contributed by atoms with Crippen molar-refractivity contribution in [1.29, 1.82) is 0 Å². The summed E-state index contributed by atoms with van der Waals surface area (Å²) < 4.78 is 13.2. The van der Waals surface area contributed by atoms with E-state index in [1.807, 2.05) is 17.9 Å². The Morgan fingerprint density at radius 3 is 2.54 bits per heavy atom. The minimum absolute atomic E-state index is 0.174. The standard InChI is InChI=1S/C19H21FN4O2/c1-2-18(25)24-10-8-23(9-11-24)17-7-6-16(13-21-17)22-19(26)14-4-3-5-15(20)12-14/h3-7,12-13H,2,8-11H2,1H3,(H,22,26). The van der Waals surface area contributed by atoms with Crippen LogP contribution in [-0.2, 0) is 4.79 Å². The second kappa shape index (κ2) is 7.95. The van der Waals surface area contributed by atoms with Gasteiger partial charge in [0.1, 0.15) is 11.6 Å². The molecule has 0 unspecified atom stereocenters. The number of aromatic nitrogens is 1. The molecule has 1 fully saturated rings. The number of nitrogens with zero attached hydrogens (tertiary/aromatic N) is 3. The van der Waals surface area contributed by atoms with Gasteiger partial charge in [-0.1, -0.05) is 13.0 Å². The van der Waals surface area contributed by atoms with Gasteiger partial charge in [-0.25, -0.2) is 9.37 Å². The summed E-state index contributed by atoms with van der Waals surface area (Å²) in [4.78, 5) is 32.2. The van der Waals surface area contributed by atoms with E-state index in [1.165, 1.54) is 18.2 Å². The van der Waals surface area contributed by atoms with Gasteiger partial charge in [0, 0.05) is 38.2 Å². The van der Waals surface area contributed by atoms with E-state index in [0.29, 0.717) is 25.2 Å². The molecule has 26 heavy (non-hydrogen) atoms. The van der Waals surface area contributed by atoms with Gasteiger partial charge in [0.2, 0.25) is 5.91 Å². The molecule has 1 aromatic carbocycles. The summed E-state index contributed by atoms with van der Waals surface area (Å²) in [6.07, 6.45) is 2.11. The lowest BCUT2D eigenvalue weighted by molar-refractivity contribution is -0.131.